The van der Waals surface area contributed by atoms with Crippen molar-refractivity contribution in [2.24, 2.45) is 0 Å². The summed E-state index contributed by atoms with van der Waals surface area (Å²) in [4.78, 5) is 20.9. The Kier molecular flexibility index (Phi) is 5.17. The van der Waals surface area contributed by atoms with E-state index in [1.807, 2.05) is 18.0 Å². The molecule has 0 unspecified atom stereocenters. The van der Waals surface area contributed by atoms with Gasteiger partial charge in [0, 0.05) is 37.9 Å². The molecule has 2 heterocycles. The van der Waals surface area contributed by atoms with Gasteiger partial charge in [0.25, 0.3) is 0 Å². The number of carbonyl (C=O) groups excluding carboxylic acids is 1. The number of rotatable bonds is 4. The summed E-state index contributed by atoms with van der Waals surface area (Å²) in [5, 5.41) is 0. The summed E-state index contributed by atoms with van der Waals surface area (Å²) in [6, 6.07) is 4.55. The molecule has 0 aliphatic carbocycles. The van der Waals surface area contributed by atoms with Crippen LogP contribution in [0.1, 0.15) is 32.4 Å². The molecule has 1 aliphatic heterocycles. The molecule has 1 aromatic heterocycles. The number of nitrogens with two attached hydrogens (primary N) is 1. The third-order valence-corrected chi connectivity index (χ3v) is 4.35. The predicted molar refractivity (Wildman–Crippen MR) is 84.9 cm³/mol. The van der Waals surface area contributed by atoms with Crippen LogP contribution in [0.5, 0.6) is 0 Å². The SMILES string of the molecule is CC(C)N1CCC(N(C)C(=O)Cc2ccc(N)cn2)CC1. The molecule has 1 fully saturated rings. The molecule has 0 atom stereocenters. The molecule has 2 rings (SSSR count). The zero-order valence-electron chi connectivity index (χ0n) is 13.2. The van der Waals surface area contributed by atoms with Gasteiger partial charge in [0.05, 0.1) is 18.3 Å². The molecule has 0 bridgehead atoms. The fraction of sp³-hybridized carbons (Fsp3) is 0.625. The number of piperidine rings is 1. The molecule has 1 aliphatic rings. The number of hydrogen-bond donors (Lipinski definition) is 1. The van der Waals surface area contributed by atoms with Crippen LogP contribution in [0.4, 0.5) is 5.69 Å². The van der Waals surface area contributed by atoms with Crippen LogP contribution in [-0.4, -0.2) is 52.9 Å². The van der Waals surface area contributed by atoms with Gasteiger partial charge in [-0.3, -0.25) is 9.78 Å². The van der Waals surface area contributed by atoms with Gasteiger partial charge in [-0.05, 0) is 38.8 Å². The molecule has 1 amide bonds. The molecule has 21 heavy (non-hydrogen) atoms. The Morgan fingerprint density at radius 3 is 2.62 bits per heavy atom. The topological polar surface area (TPSA) is 62.5 Å². The largest absolute Gasteiger partial charge is 0.397 e. The van der Waals surface area contributed by atoms with Crippen LogP contribution in [0.15, 0.2) is 18.3 Å². The molecular formula is C16H26N4O. The van der Waals surface area contributed by atoms with Gasteiger partial charge < -0.3 is 15.5 Å². The van der Waals surface area contributed by atoms with Crippen molar-refractivity contribution in [3.63, 3.8) is 0 Å². The minimum absolute atomic E-state index is 0.135. The van der Waals surface area contributed by atoms with Crippen molar-refractivity contribution in [3.8, 4) is 0 Å². The number of nitrogen functional groups attached to an aromatic ring is 1. The first kappa shape index (κ1) is 15.8. The number of nitrogens with zero attached hydrogens (tertiary/aromatic N) is 3. The normalized spacial score (nSPS) is 17.1. The summed E-state index contributed by atoms with van der Waals surface area (Å²) in [6.07, 6.45) is 4.05. The Morgan fingerprint density at radius 2 is 2.10 bits per heavy atom. The molecule has 1 aromatic rings. The van der Waals surface area contributed by atoms with Gasteiger partial charge in [0.2, 0.25) is 5.91 Å². The Bertz CT molecular complexity index is 464. The number of carbonyl (C=O) groups is 1. The quantitative estimate of drug-likeness (QED) is 0.913. The number of pyridine rings is 1. The Hall–Kier alpha value is -1.62. The summed E-state index contributed by atoms with van der Waals surface area (Å²) in [5.74, 6) is 0.135. The molecule has 116 valence electrons. The first-order chi connectivity index (χ1) is 9.97. The lowest BCUT2D eigenvalue weighted by Crippen LogP contribution is -2.47. The summed E-state index contributed by atoms with van der Waals surface area (Å²) in [5.41, 5.74) is 7.01. The molecular weight excluding hydrogens is 264 g/mol. The van der Waals surface area contributed by atoms with E-state index in [-0.39, 0.29) is 5.91 Å². The van der Waals surface area contributed by atoms with E-state index >= 15 is 0 Å². The monoisotopic (exact) mass is 290 g/mol. The third kappa shape index (κ3) is 4.17. The van der Waals surface area contributed by atoms with E-state index in [9.17, 15) is 4.79 Å². The first-order valence-corrected chi connectivity index (χ1v) is 7.67. The van der Waals surface area contributed by atoms with Crippen LogP contribution in [0.2, 0.25) is 0 Å². The van der Waals surface area contributed by atoms with E-state index < -0.39 is 0 Å². The second-order valence-corrected chi connectivity index (χ2v) is 6.13. The highest BCUT2D eigenvalue weighted by Crippen LogP contribution is 2.18. The number of aromatic nitrogens is 1. The Labute approximate surface area is 127 Å². The lowest BCUT2D eigenvalue weighted by molar-refractivity contribution is -0.132. The van der Waals surface area contributed by atoms with Gasteiger partial charge in [0.15, 0.2) is 0 Å². The van der Waals surface area contributed by atoms with E-state index in [1.54, 1.807) is 12.3 Å². The molecule has 0 spiro atoms. The van der Waals surface area contributed by atoms with Gasteiger partial charge in [-0.2, -0.15) is 0 Å². The van der Waals surface area contributed by atoms with Crippen molar-refractivity contribution >= 4 is 11.6 Å². The van der Waals surface area contributed by atoms with E-state index in [4.69, 9.17) is 5.73 Å². The highest BCUT2D eigenvalue weighted by Gasteiger charge is 2.26. The molecule has 0 aromatic carbocycles. The van der Waals surface area contributed by atoms with Crippen LogP contribution in [0.25, 0.3) is 0 Å². The fourth-order valence-electron chi connectivity index (χ4n) is 2.81. The van der Waals surface area contributed by atoms with Gasteiger partial charge in [0.1, 0.15) is 0 Å². The van der Waals surface area contributed by atoms with Crippen molar-refractivity contribution in [1.29, 1.82) is 0 Å². The lowest BCUT2D eigenvalue weighted by atomic mass is 10.0. The molecule has 0 radical (unpaired) electrons. The van der Waals surface area contributed by atoms with Gasteiger partial charge in [-0.15, -0.1) is 0 Å². The van der Waals surface area contributed by atoms with Crippen molar-refractivity contribution in [1.82, 2.24) is 14.8 Å². The maximum Gasteiger partial charge on any atom is 0.228 e. The number of anilines is 1. The van der Waals surface area contributed by atoms with Crippen LogP contribution in [-0.2, 0) is 11.2 Å². The number of likely N-dealkylation sites (N-methyl/N-ethyl adjacent to an activating group) is 1. The molecule has 1 saturated heterocycles. The van der Waals surface area contributed by atoms with Gasteiger partial charge >= 0.3 is 0 Å². The van der Waals surface area contributed by atoms with Gasteiger partial charge in [-0.25, -0.2) is 0 Å². The lowest BCUT2D eigenvalue weighted by Gasteiger charge is -2.38. The molecule has 5 heteroatoms. The fourth-order valence-corrected chi connectivity index (χ4v) is 2.81. The van der Waals surface area contributed by atoms with Crippen LogP contribution in [0.3, 0.4) is 0 Å². The summed E-state index contributed by atoms with van der Waals surface area (Å²) in [6.45, 7) is 6.59. The van der Waals surface area contributed by atoms with E-state index in [1.165, 1.54) is 0 Å². The minimum Gasteiger partial charge on any atom is -0.397 e. The average molecular weight is 290 g/mol. The predicted octanol–water partition coefficient (Wildman–Crippen LogP) is 1.54. The van der Waals surface area contributed by atoms with Crippen LogP contribution >= 0.6 is 0 Å². The standard InChI is InChI=1S/C16H26N4O/c1-12(2)20-8-6-15(7-9-20)19(3)16(21)10-14-5-4-13(17)11-18-14/h4-5,11-12,15H,6-10,17H2,1-3H3. The van der Waals surface area contributed by atoms with E-state index in [2.05, 4.69) is 23.7 Å². The second-order valence-electron chi connectivity index (χ2n) is 6.13. The molecule has 5 nitrogen and oxygen atoms in total. The molecule has 2 N–H and O–H groups in total. The highest BCUT2D eigenvalue weighted by molar-refractivity contribution is 5.78. The maximum absolute atomic E-state index is 12.4. The average Bonchev–Trinajstić information content (AvgIpc) is 2.49. The second kappa shape index (κ2) is 6.89. The number of likely N-dealkylation sites (tertiary alicyclic amines) is 1. The molecule has 0 saturated carbocycles. The Morgan fingerprint density at radius 1 is 1.43 bits per heavy atom. The first-order valence-electron chi connectivity index (χ1n) is 7.67. The van der Waals surface area contributed by atoms with Crippen molar-refractivity contribution in [2.45, 2.75) is 45.2 Å². The Balaban J connectivity index is 1.87. The van der Waals surface area contributed by atoms with Crippen molar-refractivity contribution in [3.05, 3.63) is 24.0 Å². The zero-order chi connectivity index (χ0) is 15.4. The van der Waals surface area contributed by atoms with Crippen molar-refractivity contribution in [2.75, 3.05) is 25.9 Å². The van der Waals surface area contributed by atoms with E-state index in [0.29, 0.717) is 24.2 Å². The summed E-state index contributed by atoms with van der Waals surface area (Å²) in [7, 11) is 1.91. The highest BCUT2D eigenvalue weighted by atomic mass is 16.2. The van der Waals surface area contributed by atoms with Crippen molar-refractivity contribution < 1.29 is 4.79 Å². The summed E-state index contributed by atoms with van der Waals surface area (Å²) < 4.78 is 0. The zero-order valence-corrected chi connectivity index (χ0v) is 13.2. The minimum atomic E-state index is 0.135. The smallest absolute Gasteiger partial charge is 0.228 e. The van der Waals surface area contributed by atoms with Crippen LogP contribution in [0, 0.1) is 0 Å². The number of amides is 1. The third-order valence-electron chi connectivity index (χ3n) is 4.35. The van der Waals surface area contributed by atoms with Crippen LogP contribution < -0.4 is 5.73 Å². The van der Waals surface area contributed by atoms with E-state index in [0.717, 1.165) is 31.6 Å². The van der Waals surface area contributed by atoms with Gasteiger partial charge in [-0.1, -0.05) is 0 Å². The summed E-state index contributed by atoms with van der Waals surface area (Å²) >= 11 is 0. The maximum atomic E-state index is 12.4. The number of hydrogen-bond acceptors (Lipinski definition) is 4.